The van der Waals surface area contributed by atoms with Gasteiger partial charge in [-0.05, 0) is 31.0 Å². The molecular weight excluding hydrogens is 420 g/mol. The Morgan fingerprint density at radius 3 is 2.26 bits per heavy atom. The molecule has 9 nitrogen and oxygen atoms in total. The summed E-state index contributed by atoms with van der Waals surface area (Å²) >= 11 is 0. The van der Waals surface area contributed by atoms with E-state index in [-0.39, 0.29) is 35.7 Å². The van der Waals surface area contributed by atoms with Gasteiger partial charge in [0, 0.05) is 43.2 Å². The highest BCUT2D eigenvalue weighted by atomic mass is 32.2. The number of nitrogens with two attached hydrogens (primary N) is 1. The van der Waals surface area contributed by atoms with Crippen LogP contribution in [0.15, 0.2) is 23.1 Å². The molecule has 0 radical (unpaired) electrons. The first kappa shape index (κ1) is 23.5. The molecule has 0 saturated carbocycles. The lowest BCUT2D eigenvalue weighted by molar-refractivity contribution is -0.123. The first-order valence-corrected chi connectivity index (χ1v) is 12.0. The van der Waals surface area contributed by atoms with Crippen molar-refractivity contribution >= 4 is 33.2 Å². The summed E-state index contributed by atoms with van der Waals surface area (Å²) < 4.78 is 33.8. The Kier molecular flexibility index (Phi) is 6.92. The minimum absolute atomic E-state index is 0.152. The lowest BCUT2D eigenvalue weighted by Gasteiger charge is -2.35. The fourth-order valence-electron chi connectivity index (χ4n) is 3.71. The van der Waals surface area contributed by atoms with Crippen LogP contribution in [0, 0.1) is 11.3 Å². The summed E-state index contributed by atoms with van der Waals surface area (Å²) in [7, 11) is -3.80. The third kappa shape index (κ3) is 5.36. The van der Waals surface area contributed by atoms with Gasteiger partial charge in [-0.15, -0.1) is 0 Å². The molecule has 2 fully saturated rings. The number of hydrogen-bond acceptors (Lipinski definition) is 6. The van der Waals surface area contributed by atoms with Gasteiger partial charge in [-0.1, -0.05) is 20.8 Å². The van der Waals surface area contributed by atoms with E-state index in [0.717, 1.165) is 0 Å². The predicted octanol–water partition coefficient (Wildman–Crippen LogP) is 1.39. The second kappa shape index (κ2) is 9.13. The Bertz CT molecular complexity index is 928. The van der Waals surface area contributed by atoms with Crippen molar-refractivity contribution in [3.05, 3.63) is 18.2 Å². The second-order valence-electron chi connectivity index (χ2n) is 9.07. The van der Waals surface area contributed by atoms with E-state index >= 15 is 0 Å². The highest BCUT2D eigenvalue weighted by Gasteiger charge is 2.33. The SMILES string of the molecule is CC(C)(C)C(=O)Nc1ccc(N2CCC(C(N)=O)CC2)c(S(=O)(=O)N2CCOCC2)c1. The minimum Gasteiger partial charge on any atom is -0.379 e. The van der Waals surface area contributed by atoms with Gasteiger partial charge in [0.15, 0.2) is 0 Å². The number of morpholine rings is 1. The van der Waals surface area contributed by atoms with Gasteiger partial charge in [-0.2, -0.15) is 4.31 Å². The average molecular weight is 453 g/mol. The summed E-state index contributed by atoms with van der Waals surface area (Å²) in [5.41, 5.74) is 5.83. The molecule has 0 bridgehead atoms. The Balaban J connectivity index is 1.96. The van der Waals surface area contributed by atoms with Gasteiger partial charge in [0.05, 0.1) is 18.9 Å². The van der Waals surface area contributed by atoms with Gasteiger partial charge in [-0.25, -0.2) is 8.42 Å². The molecule has 0 spiro atoms. The van der Waals surface area contributed by atoms with E-state index in [4.69, 9.17) is 10.5 Å². The number of carbonyl (C=O) groups excluding carboxylic acids is 2. The number of amides is 2. The van der Waals surface area contributed by atoms with E-state index in [1.807, 2.05) is 4.90 Å². The molecule has 2 saturated heterocycles. The monoisotopic (exact) mass is 452 g/mol. The molecule has 3 N–H and O–H groups in total. The number of sulfonamides is 1. The summed E-state index contributed by atoms with van der Waals surface area (Å²) in [5, 5.41) is 2.82. The van der Waals surface area contributed by atoms with E-state index in [1.165, 1.54) is 10.4 Å². The van der Waals surface area contributed by atoms with Crippen molar-refractivity contribution < 1.29 is 22.7 Å². The zero-order chi connectivity index (χ0) is 22.8. The van der Waals surface area contributed by atoms with Crippen molar-refractivity contribution in [3.8, 4) is 0 Å². The van der Waals surface area contributed by atoms with Crippen LogP contribution in [0.4, 0.5) is 11.4 Å². The normalized spacial score (nSPS) is 19.3. The van der Waals surface area contributed by atoms with Crippen LogP contribution in [-0.2, 0) is 24.3 Å². The van der Waals surface area contributed by atoms with Crippen molar-refractivity contribution in [2.45, 2.75) is 38.5 Å². The molecule has 10 heteroatoms. The quantitative estimate of drug-likeness (QED) is 0.696. The van der Waals surface area contributed by atoms with Crippen LogP contribution >= 0.6 is 0 Å². The van der Waals surface area contributed by atoms with Crippen LogP contribution in [0.2, 0.25) is 0 Å². The highest BCUT2D eigenvalue weighted by molar-refractivity contribution is 7.89. The van der Waals surface area contributed by atoms with E-state index in [0.29, 0.717) is 50.5 Å². The minimum atomic E-state index is -3.80. The van der Waals surface area contributed by atoms with Gasteiger partial charge in [0.25, 0.3) is 0 Å². The maximum atomic E-state index is 13.5. The third-order valence-electron chi connectivity index (χ3n) is 5.72. The molecule has 2 amide bonds. The summed E-state index contributed by atoms with van der Waals surface area (Å²) in [6, 6.07) is 4.98. The number of ether oxygens (including phenoxy) is 1. The van der Waals surface area contributed by atoms with E-state index < -0.39 is 15.4 Å². The maximum Gasteiger partial charge on any atom is 0.245 e. The molecule has 172 valence electrons. The van der Waals surface area contributed by atoms with Crippen LogP contribution in [0.25, 0.3) is 0 Å². The van der Waals surface area contributed by atoms with Crippen molar-refractivity contribution in [3.63, 3.8) is 0 Å². The lowest BCUT2D eigenvalue weighted by Crippen LogP contribution is -2.42. The number of piperidine rings is 1. The molecule has 3 rings (SSSR count). The molecule has 1 aromatic carbocycles. The molecule has 2 aliphatic heterocycles. The van der Waals surface area contributed by atoms with Crippen molar-refractivity contribution in [1.29, 1.82) is 0 Å². The maximum absolute atomic E-state index is 13.5. The van der Waals surface area contributed by atoms with Crippen LogP contribution in [0.5, 0.6) is 0 Å². The first-order chi connectivity index (χ1) is 14.5. The largest absolute Gasteiger partial charge is 0.379 e. The number of nitrogens with zero attached hydrogens (tertiary/aromatic N) is 2. The fraction of sp³-hybridized carbons (Fsp3) is 0.619. The number of nitrogens with one attached hydrogen (secondary N) is 1. The van der Waals surface area contributed by atoms with E-state index in [2.05, 4.69) is 5.32 Å². The Morgan fingerprint density at radius 1 is 1.10 bits per heavy atom. The highest BCUT2D eigenvalue weighted by Crippen LogP contribution is 2.34. The summed E-state index contributed by atoms with van der Waals surface area (Å²) in [4.78, 5) is 26.1. The molecule has 0 atom stereocenters. The van der Waals surface area contributed by atoms with Crippen LogP contribution in [0.3, 0.4) is 0 Å². The summed E-state index contributed by atoms with van der Waals surface area (Å²) in [5.74, 6) is -0.709. The second-order valence-corrected chi connectivity index (χ2v) is 11.0. The van der Waals surface area contributed by atoms with Crippen LogP contribution < -0.4 is 16.0 Å². The zero-order valence-corrected chi connectivity index (χ0v) is 19.2. The van der Waals surface area contributed by atoms with Crippen molar-refractivity contribution in [2.75, 3.05) is 49.6 Å². The Labute approximate surface area is 184 Å². The first-order valence-electron chi connectivity index (χ1n) is 10.6. The molecule has 2 aliphatic rings. The fourth-order valence-corrected chi connectivity index (χ4v) is 5.35. The van der Waals surface area contributed by atoms with Gasteiger partial charge in [0.1, 0.15) is 4.90 Å². The molecule has 1 aromatic rings. The molecule has 2 heterocycles. The molecule has 0 unspecified atom stereocenters. The Morgan fingerprint density at radius 2 is 1.71 bits per heavy atom. The molecule has 0 aliphatic carbocycles. The number of benzene rings is 1. The molecule has 31 heavy (non-hydrogen) atoms. The topological polar surface area (TPSA) is 122 Å². The molecule has 0 aromatic heterocycles. The van der Waals surface area contributed by atoms with Gasteiger partial charge >= 0.3 is 0 Å². The van der Waals surface area contributed by atoms with Crippen LogP contribution in [0.1, 0.15) is 33.6 Å². The number of primary amides is 1. The van der Waals surface area contributed by atoms with Crippen LogP contribution in [-0.4, -0.2) is 63.9 Å². The number of hydrogen-bond donors (Lipinski definition) is 2. The standard InChI is InChI=1S/C21H32N4O5S/c1-21(2,3)20(27)23-16-4-5-17(24-8-6-15(7-9-24)19(22)26)18(14-16)31(28,29)25-10-12-30-13-11-25/h4-5,14-15H,6-13H2,1-3H3,(H2,22,26)(H,23,27). The average Bonchev–Trinajstić information content (AvgIpc) is 2.73. The Hall–Kier alpha value is -2.17. The van der Waals surface area contributed by atoms with Gasteiger partial charge in [-0.3, -0.25) is 9.59 Å². The number of anilines is 2. The van der Waals surface area contributed by atoms with E-state index in [9.17, 15) is 18.0 Å². The predicted molar refractivity (Wildman–Crippen MR) is 118 cm³/mol. The van der Waals surface area contributed by atoms with Crippen molar-refractivity contribution in [1.82, 2.24) is 4.31 Å². The number of carbonyl (C=O) groups is 2. The number of rotatable bonds is 5. The lowest BCUT2D eigenvalue weighted by atomic mass is 9.95. The van der Waals surface area contributed by atoms with E-state index in [1.54, 1.807) is 32.9 Å². The zero-order valence-electron chi connectivity index (χ0n) is 18.4. The van der Waals surface area contributed by atoms with Gasteiger partial charge < -0.3 is 20.7 Å². The van der Waals surface area contributed by atoms with Gasteiger partial charge in [0.2, 0.25) is 21.8 Å². The smallest absolute Gasteiger partial charge is 0.245 e. The summed E-state index contributed by atoms with van der Waals surface area (Å²) in [6.45, 7) is 7.72. The third-order valence-corrected chi connectivity index (χ3v) is 7.65. The van der Waals surface area contributed by atoms with Crippen molar-refractivity contribution in [2.24, 2.45) is 17.1 Å². The summed E-state index contributed by atoms with van der Waals surface area (Å²) in [6.07, 6.45) is 1.16. The molecular formula is C21H32N4O5S.